The highest BCUT2D eigenvalue weighted by Crippen LogP contribution is 2.24. The molecule has 0 unspecified atom stereocenters. The van der Waals surface area contributed by atoms with Gasteiger partial charge in [-0.05, 0) is 0 Å². The average Bonchev–Trinajstić information content (AvgIpc) is 2.29. The maximum atomic E-state index is 5.67. The summed E-state index contributed by atoms with van der Waals surface area (Å²) >= 11 is 12.4. The fourth-order valence-corrected chi connectivity index (χ4v) is 1.74. The van der Waals surface area contributed by atoms with Crippen LogP contribution in [0.1, 0.15) is 4.88 Å². The smallest absolute Gasteiger partial charge is 0.211 e. The fourth-order valence-electron chi connectivity index (χ4n) is 0.516. The van der Waals surface area contributed by atoms with Gasteiger partial charge in [0.15, 0.2) is 9.62 Å². The van der Waals surface area contributed by atoms with Crippen LogP contribution in [0.3, 0.4) is 0 Å². The lowest BCUT2D eigenvalue weighted by molar-refractivity contribution is 1.22. The molecule has 0 bridgehead atoms. The van der Waals surface area contributed by atoms with Gasteiger partial charge in [-0.3, -0.25) is 0 Å². The maximum Gasteiger partial charge on any atom is 0.211 e. The van der Waals surface area contributed by atoms with E-state index < -0.39 is 0 Å². The van der Waals surface area contributed by atoms with Gasteiger partial charge in [-0.1, -0.05) is 34.5 Å². The Morgan fingerprint density at radius 1 is 1.46 bits per heavy atom. The van der Waals surface area contributed by atoms with Crippen LogP contribution in [-0.4, -0.2) is 17.2 Å². The lowest BCUT2D eigenvalue weighted by atomic mass is 10.6. The molecule has 0 aliphatic carbocycles. The number of halogens is 2. The zero-order valence-electron chi connectivity index (χ0n) is 6.24. The van der Waals surface area contributed by atoms with E-state index in [1.807, 2.05) is 0 Å². The molecule has 0 saturated carbocycles. The molecule has 5 nitrogen and oxygen atoms in total. The Balaban J connectivity index is 2.80. The summed E-state index contributed by atoms with van der Waals surface area (Å²) in [5, 5.41) is 7.23. The van der Waals surface area contributed by atoms with Gasteiger partial charge in [-0.15, -0.1) is 5.10 Å². The van der Waals surface area contributed by atoms with Crippen LogP contribution in [0.2, 0.25) is 9.62 Å². The zero-order valence-corrected chi connectivity index (χ0v) is 8.57. The third-order valence-electron chi connectivity index (χ3n) is 0.932. The highest BCUT2D eigenvalue weighted by Gasteiger charge is 2.04. The molecule has 8 heteroatoms. The summed E-state index contributed by atoms with van der Waals surface area (Å²) in [6.07, 6.45) is 1.38. The summed E-state index contributed by atoms with van der Waals surface area (Å²) in [4.78, 5) is 4.36. The molecule has 4 N–H and O–H groups in total. The van der Waals surface area contributed by atoms with Crippen molar-refractivity contribution in [3.8, 4) is 0 Å². The van der Waals surface area contributed by atoms with Crippen molar-refractivity contribution in [1.29, 1.82) is 0 Å². The Hall–Kier alpha value is -0.850. The Morgan fingerprint density at radius 2 is 2.15 bits per heavy atom. The van der Waals surface area contributed by atoms with Crippen molar-refractivity contribution in [3.63, 3.8) is 0 Å². The van der Waals surface area contributed by atoms with E-state index in [-0.39, 0.29) is 11.1 Å². The van der Waals surface area contributed by atoms with E-state index in [2.05, 4.69) is 15.2 Å². The third kappa shape index (κ3) is 3.17. The Kier molecular flexibility index (Phi) is 3.47. The second-order valence-corrected chi connectivity index (χ2v) is 3.86. The molecule has 0 fully saturated rings. The van der Waals surface area contributed by atoms with E-state index >= 15 is 0 Å². The molecule has 0 aromatic carbocycles. The predicted octanol–water partition coefficient (Wildman–Crippen LogP) is 1.06. The van der Waals surface area contributed by atoms with Crippen LogP contribution >= 0.6 is 34.5 Å². The first-order chi connectivity index (χ1) is 6.09. The summed E-state index contributed by atoms with van der Waals surface area (Å²) in [7, 11) is 0. The van der Waals surface area contributed by atoms with E-state index in [9.17, 15) is 0 Å². The van der Waals surface area contributed by atoms with Gasteiger partial charge in [0.25, 0.3) is 0 Å². The van der Waals surface area contributed by atoms with E-state index in [0.717, 1.165) is 0 Å². The highest BCUT2D eigenvalue weighted by atomic mass is 35.5. The molecule has 0 spiro atoms. The molecule has 0 amide bonds. The zero-order chi connectivity index (χ0) is 9.84. The minimum Gasteiger partial charge on any atom is -0.369 e. The van der Waals surface area contributed by atoms with Crippen LogP contribution in [-0.2, 0) is 0 Å². The minimum atomic E-state index is -0.122. The normalized spacial score (nSPS) is 10.6. The first-order valence-corrected chi connectivity index (χ1v) is 4.60. The van der Waals surface area contributed by atoms with Crippen LogP contribution in [0.25, 0.3) is 0 Å². The van der Waals surface area contributed by atoms with Crippen LogP contribution in [0.4, 0.5) is 0 Å². The van der Waals surface area contributed by atoms with E-state index in [1.165, 1.54) is 17.6 Å². The average molecular weight is 238 g/mol. The first-order valence-electron chi connectivity index (χ1n) is 3.03. The van der Waals surface area contributed by atoms with E-state index in [4.69, 9.17) is 34.7 Å². The topological polar surface area (TPSA) is 89.7 Å². The molecule has 0 aliphatic heterocycles. The molecule has 1 aromatic rings. The minimum absolute atomic E-state index is 0.122. The van der Waals surface area contributed by atoms with Crippen molar-refractivity contribution in [3.05, 3.63) is 14.5 Å². The Morgan fingerprint density at radius 3 is 2.62 bits per heavy atom. The third-order valence-corrected chi connectivity index (χ3v) is 2.43. The van der Waals surface area contributed by atoms with Crippen molar-refractivity contribution in [2.24, 2.45) is 21.7 Å². The quantitative estimate of drug-likeness (QED) is 0.458. The van der Waals surface area contributed by atoms with Gasteiger partial charge in [0.2, 0.25) is 5.96 Å². The van der Waals surface area contributed by atoms with Gasteiger partial charge in [-0.25, -0.2) is 4.98 Å². The molecule has 1 rings (SSSR count). The molecule has 0 aliphatic rings. The standard InChI is InChI=1S/C5H5Cl2N5S/c6-3-2(13-4(7)11-3)1-10-12-5(8)9/h1H,(H4,8,9,12)/b10-1+. The van der Waals surface area contributed by atoms with Gasteiger partial charge in [-0.2, -0.15) is 5.10 Å². The lowest BCUT2D eigenvalue weighted by Gasteiger charge is -1.83. The van der Waals surface area contributed by atoms with E-state index in [1.54, 1.807) is 0 Å². The molecule has 13 heavy (non-hydrogen) atoms. The largest absolute Gasteiger partial charge is 0.369 e. The fraction of sp³-hybridized carbons (Fsp3) is 0. The molecule has 0 atom stereocenters. The summed E-state index contributed by atoms with van der Waals surface area (Å²) in [6, 6.07) is 0. The molecular weight excluding hydrogens is 233 g/mol. The van der Waals surface area contributed by atoms with Gasteiger partial charge in [0.05, 0.1) is 11.1 Å². The SMILES string of the molecule is NC(N)=N/N=C/c1sc(Cl)nc1Cl. The second-order valence-electron chi connectivity index (χ2n) is 1.89. The van der Waals surface area contributed by atoms with Gasteiger partial charge in [0.1, 0.15) is 0 Å². The van der Waals surface area contributed by atoms with Gasteiger partial charge in [0, 0.05) is 0 Å². The van der Waals surface area contributed by atoms with Crippen LogP contribution < -0.4 is 11.5 Å². The monoisotopic (exact) mass is 237 g/mol. The van der Waals surface area contributed by atoms with Crippen molar-refractivity contribution in [2.75, 3.05) is 0 Å². The Bertz CT molecular complexity index is 354. The molecule has 0 saturated heterocycles. The predicted molar refractivity (Wildman–Crippen MR) is 55.5 cm³/mol. The first kappa shape index (κ1) is 10.2. The van der Waals surface area contributed by atoms with E-state index in [0.29, 0.717) is 9.34 Å². The molecule has 1 heterocycles. The molecular formula is C5H5Cl2N5S. The van der Waals surface area contributed by atoms with Crippen molar-refractivity contribution in [1.82, 2.24) is 4.98 Å². The van der Waals surface area contributed by atoms with Crippen molar-refractivity contribution in [2.45, 2.75) is 0 Å². The number of nitrogens with zero attached hydrogens (tertiary/aromatic N) is 3. The van der Waals surface area contributed by atoms with Crippen LogP contribution in [0, 0.1) is 0 Å². The number of hydrogen-bond acceptors (Lipinski definition) is 4. The molecule has 0 radical (unpaired) electrons. The summed E-state index contributed by atoms with van der Waals surface area (Å²) in [6.45, 7) is 0. The Labute approximate surface area is 88.1 Å². The number of hydrogen-bond donors (Lipinski definition) is 2. The van der Waals surface area contributed by atoms with Gasteiger partial charge < -0.3 is 11.5 Å². The number of nitrogens with two attached hydrogens (primary N) is 2. The van der Waals surface area contributed by atoms with Crippen molar-refractivity contribution < 1.29 is 0 Å². The second kappa shape index (κ2) is 4.40. The number of thiazole rings is 1. The molecule has 70 valence electrons. The van der Waals surface area contributed by atoms with Crippen LogP contribution in [0.15, 0.2) is 10.2 Å². The number of aromatic nitrogens is 1. The summed E-state index contributed by atoms with van der Waals surface area (Å²) in [5.41, 5.74) is 10.1. The summed E-state index contributed by atoms with van der Waals surface area (Å²) < 4.78 is 0.344. The highest BCUT2D eigenvalue weighted by molar-refractivity contribution is 7.17. The van der Waals surface area contributed by atoms with Gasteiger partial charge >= 0.3 is 0 Å². The maximum absolute atomic E-state index is 5.67. The number of guanidine groups is 1. The number of rotatable bonds is 2. The lowest BCUT2D eigenvalue weighted by Crippen LogP contribution is -2.21. The summed E-state index contributed by atoms with van der Waals surface area (Å²) in [5.74, 6) is -0.122. The van der Waals surface area contributed by atoms with Crippen LogP contribution in [0.5, 0.6) is 0 Å². The van der Waals surface area contributed by atoms with Crippen molar-refractivity contribution >= 4 is 46.7 Å². The molecule has 1 aromatic heterocycles.